The van der Waals surface area contributed by atoms with E-state index in [4.69, 9.17) is 0 Å². The zero-order chi connectivity index (χ0) is 25.7. The largest absolute Gasteiger partial charge is 0.293 e. The fourth-order valence-corrected chi connectivity index (χ4v) is 5.62. The molecule has 1 heteroatoms. The number of aryl methyl sites for hydroxylation is 2. The predicted molar refractivity (Wildman–Crippen MR) is 156 cm³/mol. The van der Waals surface area contributed by atoms with Crippen LogP contribution in [0.4, 0.5) is 0 Å². The van der Waals surface area contributed by atoms with Gasteiger partial charge in [-0.25, -0.2) is 0 Å². The summed E-state index contributed by atoms with van der Waals surface area (Å²) >= 11 is 0. The Labute approximate surface area is 211 Å². The standard InChI is InChI=1S/C26H16O.4C2H6/c27-26-20-6-2-4-14-3-1-5-18(23(14)20)21-13-17-10-9-15-7-8-16-11-12-19(25(21)26)24(17)22(15)16;4*1-2/h1-6,9-13,25H,7-8H2;4*1-2H3. The van der Waals surface area contributed by atoms with Crippen LogP contribution in [0.15, 0.2) is 60.7 Å². The zero-order valence-electron chi connectivity index (χ0n) is 22.8. The van der Waals surface area contributed by atoms with Crippen LogP contribution in [0.1, 0.15) is 99.5 Å². The van der Waals surface area contributed by atoms with E-state index in [0.717, 1.165) is 34.8 Å². The topological polar surface area (TPSA) is 17.1 Å². The number of ketones is 1. The Balaban J connectivity index is 0.000000393. The first-order chi connectivity index (χ1) is 17.3. The van der Waals surface area contributed by atoms with Crippen LogP contribution in [0.5, 0.6) is 0 Å². The van der Waals surface area contributed by atoms with Crippen LogP contribution in [-0.2, 0) is 12.8 Å². The number of carbonyl (C=O) groups excluding carboxylic acids is 1. The zero-order valence-corrected chi connectivity index (χ0v) is 22.8. The third-order valence-electron chi connectivity index (χ3n) is 6.74. The Hall–Kier alpha value is -3.19. The van der Waals surface area contributed by atoms with Gasteiger partial charge in [0.25, 0.3) is 0 Å². The highest BCUT2D eigenvalue weighted by atomic mass is 16.1. The normalized spacial score (nSPS) is 15.1. The van der Waals surface area contributed by atoms with E-state index in [9.17, 15) is 4.79 Å². The summed E-state index contributed by atoms with van der Waals surface area (Å²) in [6.45, 7) is 16.0. The van der Waals surface area contributed by atoms with Gasteiger partial charge >= 0.3 is 0 Å². The van der Waals surface area contributed by atoms with Crippen molar-refractivity contribution >= 4 is 39.0 Å². The third kappa shape index (κ3) is 4.01. The third-order valence-corrected chi connectivity index (χ3v) is 6.74. The van der Waals surface area contributed by atoms with Crippen LogP contribution in [0.2, 0.25) is 0 Å². The van der Waals surface area contributed by atoms with Gasteiger partial charge in [0.2, 0.25) is 0 Å². The number of benzene rings is 4. The Morgan fingerprint density at radius 1 is 0.600 bits per heavy atom. The Morgan fingerprint density at radius 3 is 1.80 bits per heavy atom. The lowest BCUT2D eigenvalue weighted by Gasteiger charge is -2.32. The fraction of sp³-hybridized carbons (Fsp3) is 0.324. The lowest BCUT2D eigenvalue weighted by Crippen LogP contribution is -2.22. The van der Waals surface area contributed by atoms with Crippen molar-refractivity contribution in [2.75, 3.05) is 0 Å². The SMILES string of the molecule is CC.CC.CC.CC.O=C1c2cccc3cccc(c23)C2=Cc3ccc4c5c(ccc(c35)C12)CC4. The number of Topliss-reactive ketones (excluding diaryl/α,β-unsaturated/α-hetero) is 1. The van der Waals surface area contributed by atoms with E-state index in [1.807, 2.05) is 67.5 Å². The van der Waals surface area contributed by atoms with Crippen LogP contribution < -0.4 is 0 Å². The van der Waals surface area contributed by atoms with E-state index >= 15 is 0 Å². The van der Waals surface area contributed by atoms with E-state index in [1.165, 1.54) is 38.6 Å². The molecule has 35 heavy (non-hydrogen) atoms. The molecule has 182 valence electrons. The minimum Gasteiger partial charge on any atom is -0.293 e. The average Bonchev–Trinajstić information content (AvgIpc) is 3.39. The minimum atomic E-state index is -0.178. The quantitative estimate of drug-likeness (QED) is 0.253. The van der Waals surface area contributed by atoms with E-state index in [-0.39, 0.29) is 11.7 Å². The minimum absolute atomic E-state index is 0.178. The lowest BCUT2D eigenvalue weighted by atomic mass is 9.70. The van der Waals surface area contributed by atoms with Gasteiger partial charge in [0.15, 0.2) is 5.78 Å². The first-order valence-corrected chi connectivity index (χ1v) is 13.7. The molecule has 0 saturated carbocycles. The number of carbonyl (C=O) groups is 1. The van der Waals surface area contributed by atoms with Crippen LogP contribution in [0.3, 0.4) is 0 Å². The first-order valence-electron chi connectivity index (χ1n) is 13.7. The number of hydrogen-bond acceptors (Lipinski definition) is 1. The molecule has 0 aromatic heterocycles. The van der Waals surface area contributed by atoms with E-state index in [1.54, 1.807) is 0 Å². The molecule has 4 aromatic rings. The maximum absolute atomic E-state index is 13.6. The van der Waals surface area contributed by atoms with Gasteiger partial charge in [-0.1, -0.05) is 116 Å². The van der Waals surface area contributed by atoms with Crippen LogP contribution in [0, 0.1) is 0 Å². The van der Waals surface area contributed by atoms with Crippen molar-refractivity contribution < 1.29 is 4.79 Å². The summed E-state index contributed by atoms with van der Waals surface area (Å²) < 4.78 is 0. The fourth-order valence-electron chi connectivity index (χ4n) is 5.62. The van der Waals surface area contributed by atoms with Gasteiger partial charge < -0.3 is 0 Å². The van der Waals surface area contributed by atoms with Gasteiger partial charge in [0.05, 0.1) is 5.92 Å². The van der Waals surface area contributed by atoms with Gasteiger partial charge in [0, 0.05) is 10.9 Å². The van der Waals surface area contributed by atoms with E-state index in [0.29, 0.717) is 0 Å². The highest BCUT2D eigenvalue weighted by Crippen LogP contribution is 2.51. The van der Waals surface area contributed by atoms with Crippen LogP contribution >= 0.6 is 0 Å². The Morgan fingerprint density at radius 2 is 1.17 bits per heavy atom. The second kappa shape index (κ2) is 11.5. The maximum atomic E-state index is 13.6. The molecule has 1 unspecified atom stereocenters. The first kappa shape index (κ1) is 26.4. The van der Waals surface area contributed by atoms with Gasteiger partial charge in [-0.15, -0.1) is 0 Å². The molecule has 4 aromatic carbocycles. The summed E-state index contributed by atoms with van der Waals surface area (Å²) in [5.41, 5.74) is 8.59. The highest BCUT2D eigenvalue weighted by Gasteiger charge is 2.37. The van der Waals surface area contributed by atoms with Crippen molar-refractivity contribution in [3.8, 4) is 0 Å². The van der Waals surface area contributed by atoms with Crippen molar-refractivity contribution in [1.82, 2.24) is 0 Å². The van der Waals surface area contributed by atoms with Gasteiger partial charge in [-0.2, -0.15) is 0 Å². The predicted octanol–water partition coefficient (Wildman–Crippen LogP) is 10.0. The molecule has 0 bridgehead atoms. The maximum Gasteiger partial charge on any atom is 0.175 e. The molecule has 0 amide bonds. The smallest absolute Gasteiger partial charge is 0.175 e. The lowest BCUT2D eigenvalue weighted by molar-refractivity contribution is 0.0980. The number of fused-ring (bicyclic) bond motifs is 3. The average molecular weight is 465 g/mol. The van der Waals surface area contributed by atoms with E-state index < -0.39 is 0 Å². The highest BCUT2D eigenvalue weighted by molar-refractivity contribution is 6.26. The molecule has 3 aliphatic rings. The second-order valence-electron chi connectivity index (χ2n) is 7.98. The number of hydrogen-bond donors (Lipinski definition) is 0. The molecular weight excluding hydrogens is 424 g/mol. The molecule has 0 aliphatic heterocycles. The summed E-state index contributed by atoms with van der Waals surface area (Å²) in [7, 11) is 0. The monoisotopic (exact) mass is 464 g/mol. The summed E-state index contributed by atoms with van der Waals surface area (Å²) in [5, 5.41) is 4.99. The van der Waals surface area contributed by atoms with E-state index in [2.05, 4.69) is 54.6 Å². The molecule has 1 nitrogen and oxygen atoms in total. The summed E-state index contributed by atoms with van der Waals surface area (Å²) in [6.07, 6.45) is 4.52. The van der Waals surface area contributed by atoms with Gasteiger partial charge in [0.1, 0.15) is 0 Å². The molecule has 0 saturated heterocycles. The summed E-state index contributed by atoms with van der Waals surface area (Å²) in [5.74, 6) is 0.0674. The Kier molecular flexibility index (Phi) is 8.67. The molecule has 0 spiro atoms. The molecule has 7 rings (SSSR count). The number of allylic oxidation sites excluding steroid dienone is 1. The summed E-state index contributed by atoms with van der Waals surface area (Å²) in [4.78, 5) is 13.6. The van der Waals surface area contributed by atoms with Crippen molar-refractivity contribution in [3.05, 3.63) is 94.0 Å². The van der Waals surface area contributed by atoms with Crippen molar-refractivity contribution in [3.63, 3.8) is 0 Å². The van der Waals surface area contributed by atoms with Crippen molar-refractivity contribution in [2.24, 2.45) is 0 Å². The molecule has 0 heterocycles. The molecule has 3 aliphatic carbocycles. The molecule has 0 N–H and O–H groups in total. The molecule has 1 atom stereocenters. The molecule has 0 fully saturated rings. The summed E-state index contributed by atoms with van der Waals surface area (Å²) in [6, 6.07) is 21.5. The van der Waals surface area contributed by atoms with Crippen molar-refractivity contribution in [1.29, 1.82) is 0 Å². The van der Waals surface area contributed by atoms with Gasteiger partial charge in [-0.3, -0.25) is 4.79 Å². The van der Waals surface area contributed by atoms with Gasteiger partial charge in [-0.05, 0) is 68.5 Å². The molecule has 0 radical (unpaired) electrons. The second-order valence-corrected chi connectivity index (χ2v) is 7.98. The molecular formula is C34H40O. The van der Waals surface area contributed by atoms with Crippen molar-refractivity contribution in [2.45, 2.75) is 74.1 Å². The number of rotatable bonds is 0. The van der Waals surface area contributed by atoms with Crippen LogP contribution in [0.25, 0.3) is 33.2 Å². The Bertz CT molecular complexity index is 1370. The van der Waals surface area contributed by atoms with Crippen LogP contribution in [-0.4, -0.2) is 5.78 Å².